The number of nitrogens with zero attached hydrogens (tertiary/aromatic N) is 1. The summed E-state index contributed by atoms with van der Waals surface area (Å²) in [6.45, 7) is 1.59. The lowest BCUT2D eigenvalue weighted by molar-refractivity contribution is -0.119. The highest BCUT2D eigenvalue weighted by molar-refractivity contribution is 5.78. The van der Waals surface area contributed by atoms with Gasteiger partial charge in [0.1, 0.15) is 0 Å². The molecule has 1 unspecified atom stereocenters. The van der Waals surface area contributed by atoms with Crippen molar-refractivity contribution in [1.29, 1.82) is 0 Å². The molecule has 76 valence electrons. The van der Waals surface area contributed by atoms with E-state index < -0.39 is 0 Å². The number of carbonyl (C=O) groups is 1. The maximum atomic E-state index is 10.9. The summed E-state index contributed by atoms with van der Waals surface area (Å²) in [5, 5.41) is 6.17. The van der Waals surface area contributed by atoms with E-state index in [0.29, 0.717) is 12.5 Å². The molecule has 1 aromatic heterocycles. The van der Waals surface area contributed by atoms with Crippen LogP contribution in [0.3, 0.4) is 0 Å². The van der Waals surface area contributed by atoms with Crippen molar-refractivity contribution in [2.45, 2.75) is 25.4 Å². The van der Waals surface area contributed by atoms with Gasteiger partial charge in [0.05, 0.1) is 6.33 Å². The molecule has 1 aliphatic rings. The van der Waals surface area contributed by atoms with Crippen LogP contribution in [-0.2, 0) is 11.3 Å². The van der Waals surface area contributed by atoms with E-state index in [0.717, 1.165) is 25.2 Å². The first-order valence-corrected chi connectivity index (χ1v) is 4.82. The van der Waals surface area contributed by atoms with Crippen LogP contribution in [0.2, 0.25) is 0 Å². The lowest BCUT2D eigenvalue weighted by Crippen LogP contribution is -2.35. The number of nitrogens with one attached hydrogen (secondary N) is 3. The second-order valence-corrected chi connectivity index (χ2v) is 3.51. The Labute approximate surface area is 82.3 Å². The molecular weight excluding hydrogens is 180 g/mol. The Morgan fingerprint density at radius 2 is 2.57 bits per heavy atom. The minimum Gasteiger partial charge on any atom is -0.352 e. The van der Waals surface area contributed by atoms with Crippen molar-refractivity contribution >= 4 is 5.91 Å². The smallest absolute Gasteiger partial charge is 0.220 e. The van der Waals surface area contributed by atoms with Gasteiger partial charge in [-0.15, -0.1) is 0 Å². The molecule has 0 aliphatic carbocycles. The average Bonchev–Trinajstić information content (AvgIpc) is 2.77. The van der Waals surface area contributed by atoms with Gasteiger partial charge in [-0.05, 0) is 6.42 Å². The first kappa shape index (κ1) is 9.21. The second kappa shape index (κ2) is 4.23. The van der Waals surface area contributed by atoms with E-state index in [4.69, 9.17) is 0 Å². The number of carbonyl (C=O) groups excluding carboxylic acids is 1. The summed E-state index contributed by atoms with van der Waals surface area (Å²) in [6, 6.07) is 0.297. The van der Waals surface area contributed by atoms with Crippen LogP contribution in [0.5, 0.6) is 0 Å². The maximum Gasteiger partial charge on any atom is 0.220 e. The fourth-order valence-electron chi connectivity index (χ4n) is 1.59. The number of H-pyrrole nitrogens is 1. The van der Waals surface area contributed by atoms with Crippen LogP contribution in [0.15, 0.2) is 12.5 Å². The van der Waals surface area contributed by atoms with Gasteiger partial charge in [-0.3, -0.25) is 4.79 Å². The van der Waals surface area contributed by atoms with Gasteiger partial charge in [0.2, 0.25) is 5.91 Å². The number of amides is 1. The summed E-state index contributed by atoms with van der Waals surface area (Å²) < 4.78 is 0. The Hall–Kier alpha value is -1.36. The number of hydrogen-bond donors (Lipinski definition) is 3. The van der Waals surface area contributed by atoms with E-state index in [2.05, 4.69) is 20.6 Å². The molecule has 1 aliphatic heterocycles. The monoisotopic (exact) mass is 194 g/mol. The van der Waals surface area contributed by atoms with Gasteiger partial charge in [-0.1, -0.05) is 0 Å². The zero-order chi connectivity index (χ0) is 9.80. The zero-order valence-corrected chi connectivity index (χ0v) is 7.92. The van der Waals surface area contributed by atoms with Crippen LogP contribution in [-0.4, -0.2) is 28.5 Å². The van der Waals surface area contributed by atoms with Crippen LogP contribution in [0.25, 0.3) is 0 Å². The molecule has 0 bridgehead atoms. The number of hydrogen-bond acceptors (Lipinski definition) is 3. The van der Waals surface area contributed by atoms with Crippen molar-refractivity contribution in [2.75, 3.05) is 6.54 Å². The number of aromatic nitrogens is 2. The Morgan fingerprint density at radius 1 is 1.64 bits per heavy atom. The molecule has 1 fully saturated rings. The summed E-state index contributed by atoms with van der Waals surface area (Å²) >= 11 is 0. The molecule has 0 spiro atoms. The normalized spacial score (nSPS) is 21.1. The van der Waals surface area contributed by atoms with Gasteiger partial charge in [-0.2, -0.15) is 0 Å². The average molecular weight is 194 g/mol. The first-order valence-electron chi connectivity index (χ1n) is 4.82. The van der Waals surface area contributed by atoms with Crippen molar-refractivity contribution < 1.29 is 4.79 Å². The molecular formula is C9H14N4O. The summed E-state index contributed by atoms with van der Waals surface area (Å²) in [6.07, 6.45) is 5.06. The van der Waals surface area contributed by atoms with Crippen LogP contribution in [0.1, 0.15) is 18.5 Å². The molecule has 0 radical (unpaired) electrons. The Bertz CT molecular complexity index is 296. The molecule has 1 atom stereocenters. The third-order valence-electron chi connectivity index (χ3n) is 2.35. The molecule has 5 nitrogen and oxygen atoms in total. The molecule has 14 heavy (non-hydrogen) atoms. The Kier molecular flexibility index (Phi) is 2.78. The van der Waals surface area contributed by atoms with Gasteiger partial charge < -0.3 is 15.6 Å². The SMILES string of the molecule is O=C1CCC(CNCc2cnc[nH]2)N1. The van der Waals surface area contributed by atoms with Crippen LogP contribution >= 0.6 is 0 Å². The molecule has 5 heteroatoms. The molecule has 3 N–H and O–H groups in total. The van der Waals surface area contributed by atoms with Crippen molar-refractivity contribution in [3.8, 4) is 0 Å². The first-order chi connectivity index (χ1) is 6.84. The predicted octanol–water partition coefficient (Wildman–Crippen LogP) is -0.222. The minimum absolute atomic E-state index is 0.165. The summed E-state index contributed by atoms with van der Waals surface area (Å²) in [4.78, 5) is 17.8. The number of rotatable bonds is 4. The highest BCUT2D eigenvalue weighted by atomic mass is 16.1. The van der Waals surface area contributed by atoms with E-state index in [1.807, 2.05) is 0 Å². The van der Waals surface area contributed by atoms with E-state index in [1.54, 1.807) is 12.5 Å². The highest BCUT2D eigenvalue weighted by Gasteiger charge is 2.19. The standard InChI is InChI=1S/C9H14N4O/c14-9-2-1-7(13-9)3-10-4-8-5-11-6-12-8/h5-7,10H,1-4H2,(H,11,12)(H,13,14). The maximum absolute atomic E-state index is 10.9. The van der Waals surface area contributed by atoms with E-state index >= 15 is 0 Å². The topological polar surface area (TPSA) is 69.8 Å². The Morgan fingerprint density at radius 3 is 3.21 bits per heavy atom. The van der Waals surface area contributed by atoms with Crippen LogP contribution < -0.4 is 10.6 Å². The van der Waals surface area contributed by atoms with Crippen molar-refractivity contribution in [3.63, 3.8) is 0 Å². The highest BCUT2D eigenvalue weighted by Crippen LogP contribution is 2.05. The predicted molar refractivity (Wildman–Crippen MR) is 51.5 cm³/mol. The summed E-state index contributed by atoms with van der Waals surface area (Å²) in [5.74, 6) is 0.165. The number of aromatic amines is 1. The Balaban J connectivity index is 1.66. The second-order valence-electron chi connectivity index (χ2n) is 3.51. The van der Waals surface area contributed by atoms with Gasteiger partial charge >= 0.3 is 0 Å². The van der Waals surface area contributed by atoms with Gasteiger partial charge in [0.15, 0.2) is 0 Å². The van der Waals surface area contributed by atoms with Gasteiger partial charge in [0.25, 0.3) is 0 Å². The molecule has 1 saturated heterocycles. The van der Waals surface area contributed by atoms with Gasteiger partial charge in [0, 0.05) is 37.4 Å². The van der Waals surface area contributed by atoms with Gasteiger partial charge in [-0.25, -0.2) is 4.98 Å². The molecule has 1 aromatic rings. The largest absolute Gasteiger partial charge is 0.352 e. The quantitative estimate of drug-likeness (QED) is 0.620. The minimum atomic E-state index is 0.165. The van der Waals surface area contributed by atoms with E-state index in [1.165, 1.54) is 0 Å². The van der Waals surface area contributed by atoms with Crippen LogP contribution in [0.4, 0.5) is 0 Å². The fraction of sp³-hybridized carbons (Fsp3) is 0.556. The molecule has 0 saturated carbocycles. The van der Waals surface area contributed by atoms with Crippen molar-refractivity contribution in [3.05, 3.63) is 18.2 Å². The molecule has 2 rings (SSSR count). The third kappa shape index (κ3) is 2.32. The number of imidazole rings is 1. The fourth-order valence-corrected chi connectivity index (χ4v) is 1.59. The molecule has 0 aromatic carbocycles. The summed E-state index contributed by atoms with van der Waals surface area (Å²) in [5.41, 5.74) is 1.06. The summed E-state index contributed by atoms with van der Waals surface area (Å²) in [7, 11) is 0. The zero-order valence-electron chi connectivity index (χ0n) is 7.92. The van der Waals surface area contributed by atoms with E-state index in [9.17, 15) is 4.79 Å². The van der Waals surface area contributed by atoms with Crippen molar-refractivity contribution in [2.24, 2.45) is 0 Å². The van der Waals surface area contributed by atoms with Crippen molar-refractivity contribution in [1.82, 2.24) is 20.6 Å². The lowest BCUT2D eigenvalue weighted by Gasteiger charge is -2.09. The third-order valence-corrected chi connectivity index (χ3v) is 2.35. The lowest BCUT2D eigenvalue weighted by atomic mass is 10.2. The molecule has 1 amide bonds. The van der Waals surface area contributed by atoms with Crippen LogP contribution in [0, 0.1) is 0 Å². The van der Waals surface area contributed by atoms with E-state index in [-0.39, 0.29) is 5.91 Å². The molecule has 2 heterocycles.